The van der Waals surface area contributed by atoms with Gasteiger partial charge in [-0.3, -0.25) is 10.0 Å². The number of sulfonamides is 1. The van der Waals surface area contributed by atoms with Crippen LogP contribution in [0.4, 0.5) is 28.4 Å². The number of nitrogens with one attached hydrogen (secondary N) is 3. The summed E-state index contributed by atoms with van der Waals surface area (Å²) in [5.74, 6) is 0.788. The van der Waals surface area contributed by atoms with Crippen molar-refractivity contribution >= 4 is 55.7 Å². The predicted molar refractivity (Wildman–Crippen MR) is 148 cm³/mol. The third-order valence-corrected chi connectivity index (χ3v) is 8.57. The van der Waals surface area contributed by atoms with Gasteiger partial charge in [-0.1, -0.05) is 23.5 Å². The van der Waals surface area contributed by atoms with E-state index in [-0.39, 0.29) is 29.1 Å². The number of hydrogen-bond acceptors (Lipinski definition) is 11. The molecule has 0 atom stereocenters. The van der Waals surface area contributed by atoms with Gasteiger partial charge < -0.3 is 20.4 Å². The van der Waals surface area contributed by atoms with Gasteiger partial charge in [0, 0.05) is 38.0 Å². The summed E-state index contributed by atoms with van der Waals surface area (Å²) in [5.41, 5.74) is 1.83. The summed E-state index contributed by atoms with van der Waals surface area (Å²) in [5, 5.41) is 25.6. The molecule has 4 rings (SSSR count). The summed E-state index contributed by atoms with van der Waals surface area (Å²) in [7, 11) is -3.34. The smallest absolute Gasteiger partial charge is 0.347 e. The quantitative estimate of drug-likeness (QED) is 0.233. The molecule has 3 aromatic rings. The molecular formula is C24H31N7O5S2. The van der Waals surface area contributed by atoms with Crippen molar-refractivity contribution in [1.29, 1.82) is 0 Å². The number of anilines is 5. The molecule has 0 amide bonds. The number of aromatic nitrogens is 3. The molecule has 204 valence electrons. The number of nitrogens with zero attached hydrogens (tertiary/aromatic N) is 4. The fourth-order valence-corrected chi connectivity index (χ4v) is 5.40. The Morgan fingerprint density at radius 1 is 1.16 bits per heavy atom. The molecule has 1 aliphatic rings. The average Bonchev–Trinajstić information content (AvgIpc) is 3.28. The van der Waals surface area contributed by atoms with E-state index in [4.69, 9.17) is 0 Å². The van der Waals surface area contributed by atoms with Gasteiger partial charge in [-0.2, -0.15) is 9.97 Å². The number of aliphatic hydroxyl groups excluding tert-OH is 1. The van der Waals surface area contributed by atoms with Crippen molar-refractivity contribution in [2.24, 2.45) is 5.92 Å². The lowest BCUT2D eigenvalue weighted by Gasteiger charge is -2.32. The van der Waals surface area contributed by atoms with Gasteiger partial charge in [0.15, 0.2) is 5.13 Å². The Bertz CT molecular complexity index is 1370. The van der Waals surface area contributed by atoms with Crippen molar-refractivity contribution in [1.82, 2.24) is 15.0 Å². The lowest BCUT2D eigenvalue weighted by molar-refractivity contribution is 0.0701. The van der Waals surface area contributed by atoms with Crippen LogP contribution in [0.5, 0.6) is 0 Å². The Balaban J connectivity index is 1.53. The molecular weight excluding hydrogens is 530 g/mol. The van der Waals surface area contributed by atoms with Gasteiger partial charge in [-0.15, -0.1) is 0 Å². The Hall–Kier alpha value is -3.49. The molecule has 1 aromatic carbocycles. The van der Waals surface area contributed by atoms with Crippen LogP contribution in [0.25, 0.3) is 0 Å². The molecule has 0 aliphatic carbocycles. The van der Waals surface area contributed by atoms with E-state index in [1.807, 2.05) is 18.2 Å². The number of aromatic carboxylic acids is 1. The molecule has 0 unspecified atom stereocenters. The van der Waals surface area contributed by atoms with Crippen LogP contribution in [-0.2, 0) is 16.6 Å². The Morgan fingerprint density at radius 2 is 1.87 bits per heavy atom. The van der Waals surface area contributed by atoms with Crippen LogP contribution in [0.2, 0.25) is 0 Å². The zero-order chi connectivity index (χ0) is 27.3. The fraction of sp³-hybridized carbons (Fsp3) is 0.417. The molecule has 38 heavy (non-hydrogen) atoms. The number of thiazole rings is 1. The highest BCUT2D eigenvalue weighted by atomic mass is 32.2. The average molecular weight is 562 g/mol. The highest BCUT2D eigenvalue weighted by molar-refractivity contribution is 7.92. The first-order valence-electron chi connectivity index (χ1n) is 12.2. The SMILES string of the molecule is CCS(=O)(=O)Nc1ccc(CNc2cc(N3CCC(CO)CC3)nc(Nc3nc(C)c(C(=O)O)s3)n2)cc1. The minimum Gasteiger partial charge on any atom is -0.477 e. The van der Waals surface area contributed by atoms with Crippen molar-refractivity contribution in [3.63, 3.8) is 0 Å². The van der Waals surface area contributed by atoms with E-state index in [1.165, 1.54) is 0 Å². The number of rotatable bonds is 11. The first-order chi connectivity index (χ1) is 18.2. The first-order valence-corrected chi connectivity index (χ1v) is 14.7. The molecule has 14 heteroatoms. The van der Waals surface area contributed by atoms with Gasteiger partial charge in [0.05, 0.1) is 11.4 Å². The molecule has 3 heterocycles. The third kappa shape index (κ3) is 7.08. The van der Waals surface area contributed by atoms with Crippen LogP contribution < -0.4 is 20.3 Å². The summed E-state index contributed by atoms with van der Waals surface area (Å²) >= 11 is 1.02. The van der Waals surface area contributed by atoms with Crippen LogP contribution >= 0.6 is 11.3 Å². The summed E-state index contributed by atoms with van der Waals surface area (Å²) in [6.07, 6.45) is 1.71. The number of hydrogen-bond donors (Lipinski definition) is 5. The van der Waals surface area contributed by atoms with E-state index in [1.54, 1.807) is 26.0 Å². The van der Waals surface area contributed by atoms with Gasteiger partial charge >= 0.3 is 5.97 Å². The number of benzene rings is 1. The topological polar surface area (TPSA) is 170 Å². The molecule has 0 spiro atoms. The minimum absolute atomic E-state index is 0.00141. The van der Waals surface area contributed by atoms with Gasteiger partial charge in [-0.25, -0.2) is 18.2 Å². The minimum atomic E-state index is -3.34. The van der Waals surface area contributed by atoms with E-state index in [0.717, 1.165) is 42.8 Å². The molecule has 0 saturated carbocycles. The molecule has 12 nitrogen and oxygen atoms in total. The second-order valence-corrected chi connectivity index (χ2v) is 12.0. The molecule has 2 aromatic heterocycles. The van der Waals surface area contributed by atoms with E-state index >= 15 is 0 Å². The lowest BCUT2D eigenvalue weighted by Crippen LogP contribution is -2.35. The Morgan fingerprint density at radius 3 is 2.47 bits per heavy atom. The van der Waals surface area contributed by atoms with Crippen molar-refractivity contribution < 1.29 is 23.4 Å². The largest absolute Gasteiger partial charge is 0.477 e. The van der Waals surface area contributed by atoms with Gasteiger partial charge in [-0.05, 0) is 50.3 Å². The monoisotopic (exact) mass is 561 g/mol. The van der Waals surface area contributed by atoms with E-state index in [9.17, 15) is 23.4 Å². The van der Waals surface area contributed by atoms with Crippen LogP contribution in [0.15, 0.2) is 30.3 Å². The summed E-state index contributed by atoms with van der Waals surface area (Å²) < 4.78 is 26.1. The second-order valence-electron chi connectivity index (χ2n) is 8.97. The Labute approximate surface area is 225 Å². The summed E-state index contributed by atoms with van der Waals surface area (Å²) in [4.78, 5) is 27.2. The zero-order valence-electron chi connectivity index (χ0n) is 21.1. The van der Waals surface area contributed by atoms with Crippen LogP contribution in [0.1, 0.15) is 40.7 Å². The van der Waals surface area contributed by atoms with E-state index < -0.39 is 16.0 Å². The second kappa shape index (κ2) is 11.9. The lowest BCUT2D eigenvalue weighted by atomic mass is 9.98. The third-order valence-electron chi connectivity index (χ3n) is 6.20. The van der Waals surface area contributed by atoms with Crippen LogP contribution in [0, 0.1) is 12.8 Å². The number of aliphatic hydroxyl groups is 1. The summed E-state index contributed by atoms with van der Waals surface area (Å²) in [6, 6.07) is 8.92. The molecule has 5 N–H and O–H groups in total. The van der Waals surface area contributed by atoms with E-state index in [2.05, 4.69) is 35.2 Å². The van der Waals surface area contributed by atoms with Crippen LogP contribution in [-0.4, -0.2) is 65.0 Å². The number of carboxylic acid groups (broad SMARTS) is 1. The van der Waals surface area contributed by atoms with E-state index in [0.29, 0.717) is 34.7 Å². The number of piperidine rings is 1. The Kier molecular flexibility index (Phi) is 8.64. The number of aryl methyl sites for hydroxylation is 1. The van der Waals surface area contributed by atoms with Crippen molar-refractivity contribution in [3.05, 3.63) is 46.5 Å². The highest BCUT2D eigenvalue weighted by Gasteiger charge is 2.21. The number of carbonyl (C=O) groups is 1. The molecule has 1 fully saturated rings. The van der Waals surface area contributed by atoms with Gasteiger partial charge in [0.2, 0.25) is 16.0 Å². The van der Waals surface area contributed by atoms with Gasteiger partial charge in [0.25, 0.3) is 0 Å². The molecule has 1 aliphatic heterocycles. The normalized spacial score (nSPS) is 14.3. The van der Waals surface area contributed by atoms with Crippen molar-refractivity contribution in [3.8, 4) is 0 Å². The van der Waals surface area contributed by atoms with Crippen molar-refractivity contribution in [2.45, 2.75) is 33.2 Å². The maximum absolute atomic E-state index is 11.8. The standard InChI is InChI=1S/C24H31N7O5S2/c1-3-38(35,36)30-18-6-4-16(5-7-18)13-25-19-12-20(31-10-8-17(14-32)9-11-31)28-23(27-19)29-24-26-15(2)21(37-24)22(33)34/h4-7,12,17,30,32H,3,8-11,13-14H2,1-2H3,(H,33,34)(H2,25,26,27,28,29). The van der Waals surface area contributed by atoms with Crippen molar-refractivity contribution in [2.75, 3.05) is 45.7 Å². The predicted octanol–water partition coefficient (Wildman–Crippen LogP) is 3.27. The summed E-state index contributed by atoms with van der Waals surface area (Å²) in [6.45, 7) is 5.31. The number of carboxylic acids is 1. The molecule has 1 saturated heterocycles. The maximum atomic E-state index is 11.8. The van der Waals surface area contributed by atoms with Gasteiger partial charge in [0.1, 0.15) is 16.5 Å². The zero-order valence-corrected chi connectivity index (χ0v) is 22.8. The molecule has 0 radical (unpaired) electrons. The fourth-order valence-electron chi connectivity index (χ4n) is 3.97. The first kappa shape index (κ1) is 27.5. The molecule has 0 bridgehead atoms. The van der Waals surface area contributed by atoms with Crippen LogP contribution in [0.3, 0.4) is 0 Å². The maximum Gasteiger partial charge on any atom is 0.347 e. The highest BCUT2D eigenvalue weighted by Crippen LogP contribution is 2.28.